The zero-order chi connectivity index (χ0) is 30.8. The van der Waals surface area contributed by atoms with Gasteiger partial charge in [0, 0.05) is 25.7 Å². The summed E-state index contributed by atoms with van der Waals surface area (Å²) in [5, 5.41) is 0. The molecule has 2 heterocycles. The summed E-state index contributed by atoms with van der Waals surface area (Å²) in [7, 11) is 5.26. The Morgan fingerprint density at radius 1 is 0.977 bits per heavy atom. The van der Waals surface area contributed by atoms with E-state index in [-0.39, 0.29) is 11.7 Å². The first-order valence-electron chi connectivity index (χ1n) is 14.3. The standard InChI is InChI=1S/C33H33N7O4/c1-37(22-11-12-22)19-7-10-29(41)38(2)27-20-24(15-18-28(27)43-3)40-32-30(31(34)35-21-36-32)39(33(40)42)23-13-16-26(17-14-23)44-25-8-5-4-6-9-25/h4-10,13-18,20-22H,11-12,19H2,1-3H3,(H2,34,35,36)/b10-7+. The van der Waals surface area contributed by atoms with Gasteiger partial charge in [-0.25, -0.2) is 19.3 Å². The number of nitrogen functional groups attached to an aromatic ring is 1. The lowest BCUT2D eigenvalue weighted by Gasteiger charge is -2.20. The van der Waals surface area contributed by atoms with E-state index >= 15 is 0 Å². The number of benzene rings is 3. The van der Waals surface area contributed by atoms with Crippen molar-refractivity contribution in [1.29, 1.82) is 0 Å². The summed E-state index contributed by atoms with van der Waals surface area (Å²) < 4.78 is 14.4. The van der Waals surface area contributed by atoms with Crippen molar-refractivity contribution in [3.05, 3.63) is 102 Å². The van der Waals surface area contributed by atoms with E-state index in [0.717, 1.165) is 0 Å². The molecule has 0 radical (unpaired) electrons. The van der Waals surface area contributed by atoms with Crippen molar-refractivity contribution in [2.45, 2.75) is 18.9 Å². The fraction of sp³-hybridized carbons (Fsp3) is 0.212. The van der Waals surface area contributed by atoms with E-state index in [4.69, 9.17) is 15.2 Å². The molecule has 11 heteroatoms. The fourth-order valence-electron chi connectivity index (χ4n) is 5.10. The van der Waals surface area contributed by atoms with Crippen molar-refractivity contribution < 1.29 is 14.3 Å². The molecular formula is C33H33N7O4. The molecule has 0 atom stereocenters. The largest absolute Gasteiger partial charge is 0.495 e. The van der Waals surface area contributed by atoms with Crippen LogP contribution in [0, 0.1) is 0 Å². The van der Waals surface area contributed by atoms with Gasteiger partial charge in [0.2, 0.25) is 0 Å². The number of anilines is 2. The van der Waals surface area contributed by atoms with Crippen molar-refractivity contribution in [2.75, 3.05) is 38.4 Å². The number of amides is 1. The number of carbonyl (C=O) groups excluding carboxylic acids is 1. The molecule has 11 nitrogen and oxygen atoms in total. The lowest BCUT2D eigenvalue weighted by molar-refractivity contribution is -0.113. The highest BCUT2D eigenvalue weighted by molar-refractivity contribution is 6.02. The Hall–Kier alpha value is -5.42. The minimum atomic E-state index is -0.406. The van der Waals surface area contributed by atoms with Gasteiger partial charge in [-0.1, -0.05) is 24.3 Å². The van der Waals surface area contributed by atoms with Crippen molar-refractivity contribution >= 4 is 28.6 Å². The van der Waals surface area contributed by atoms with Crippen molar-refractivity contribution in [1.82, 2.24) is 24.0 Å². The number of imidazole rings is 1. The number of rotatable bonds is 10. The van der Waals surface area contributed by atoms with Crippen molar-refractivity contribution in [3.63, 3.8) is 0 Å². The summed E-state index contributed by atoms with van der Waals surface area (Å²) in [6.45, 7) is 0.691. The van der Waals surface area contributed by atoms with Crippen LogP contribution in [0.5, 0.6) is 17.2 Å². The summed E-state index contributed by atoms with van der Waals surface area (Å²) >= 11 is 0. The monoisotopic (exact) mass is 591 g/mol. The van der Waals surface area contributed by atoms with Crippen LogP contribution in [0.25, 0.3) is 22.5 Å². The number of nitrogens with two attached hydrogens (primary N) is 1. The van der Waals surface area contributed by atoms with Gasteiger partial charge in [0.15, 0.2) is 11.5 Å². The third-order valence-electron chi connectivity index (χ3n) is 7.66. The van der Waals surface area contributed by atoms with Gasteiger partial charge in [-0.2, -0.15) is 0 Å². The molecule has 1 saturated carbocycles. The molecule has 44 heavy (non-hydrogen) atoms. The Morgan fingerprint density at radius 2 is 1.68 bits per heavy atom. The molecule has 2 N–H and O–H groups in total. The first-order chi connectivity index (χ1) is 21.4. The molecule has 0 aliphatic heterocycles. The van der Waals surface area contributed by atoms with Gasteiger partial charge in [-0.3, -0.25) is 14.3 Å². The van der Waals surface area contributed by atoms with Crippen LogP contribution in [0.2, 0.25) is 0 Å². The molecule has 3 aromatic carbocycles. The second kappa shape index (κ2) is 12.1. The second-order valence-corrected chi connectivity index (χ2v) is 10.6. The van der Waals surface area contributed by atoms with Gasteiger partial charge in [-0.15, -0.1) is 0 Å². The molecule has 5 aromatic rings. The molecule has 0 spiro atoms. The highest BCUT2D eigenvalue weighted by Gasteiger charge is 2.25. The molecule has 1 amide bonds. The van der Waals surface area contributed by atoms with E-state index in [0.29, 0.717) is 58.1 Å². The highest BCUT2D eigenvalue weighted by atomic mass is 16.5. The number of hydrogen-bond donors (Lipinski definition) is 1. The summed E-state index contributed by atoms with van der Waals surface area (Å²) in [5.74, 6) is 1.72. The van der Waals surface area contributed by atoms with E-state index in [1.54, 1.807) is 55.6 Å². The summed E-state index contributed by atoms with van der Waals surface area (Å²) in [6, 6.07) is 22.3. The van der Waals surface area contributed by atoms with Crippen LogP contribution in [-0.4, -0.2) is 63.7 Å². The van der Waals surface area contributed by atoms with Crippen LogP contribution in [0.15, 0.2) is 96.1 Å². The van der Waals surface area contributed by atoms with Crippen LogP contribution >= 0.6 is 0 Å². The van der Waals surface area contributed by atoms with Crippen molar-refractivity contribution in [2.24, 2.45) is 0 Å². The summed E-state index contributed by atoms with van der Waals surface area (Å²) in [6.07, 6.45) is 7.13. The van der Waals surface area contributed by atoms with Crippen LogP contribution in [-0.2, 0) is 4.79 Å². The topological polar surface area (TPSA) is 121 Å². The summed E-state index contributed by atoms with van der Waals surface area (Å²) in [5.41, 5.74) is 8.11. The molecule has 1 fully saturated rings. The van der Waals surface area contributed by atoms with Crippen LogP contribution in [0.1, 0.15) is 12.8 Å². The van der Waals surface area contributed by atoms with Crippen LogP contribution in [0.3, 0.4) is 0 Å². The zero-order valence-electron chi connectivity index (χ0n) is 24.8. The third-order valence-corrected chi connectivity index (χ3v) is 7.66. The van der Waals surface area contributed by atoms with Gasteiger partial charge >= 0.3 is 5.69 Å². The number of carbonyl (C=O) groups is 1. The Bertz CT molecular complexity index is 1890. The molecular weight excluding hydrogens is 558 g/mol. The first kappa shape index (κ1) is 28.7. The van der Waals surface area contributed by atoms with Gasteiger partial charge < -0.3 is 20.1 Å². The van der Waals surface area contributed by atoms with E-state index in [1.165, 1.54) is 40.3 Å². The Labute approximate surface area is 254 Å². The van der Waals surface area contributed by atoms with E-state index in [1.807, 2.05) is 36.4 Å². The molecule has 1 aliphatic carbocycles. The van der Waals surface area contributed by atoms with E-state index in [2.05, 4.69) is 21.9 Å². The molecule has 6 rings (SSSR count). The quantitative estimate of drug-likeness (QED) is 0.235. The number of aromatic nitrogens is 4. The zero-order valence-corrected chi connectivity index (χ0v) is 24.8. The third kappa shape index (κ3) is 5.64. The molecule has 2 aromatic heterocycles. The van der Waals surface area contributed by atoms with Crippen molar-refractivity contribution in [3.8, 4) is 28.6 Å². The number of para-hydroxylation sites is 1. The maximum atomic E-state index is 14.1. The number of likely N-dealkylation sites (N-methyl/N-ethyl adjacent to an activating group) is 2. The molecule has 1 aliphatic rings. The average molecular weight is 592 g/mol. The minimum absolute atomic E-state index is 0.151. The number of ether oxygens (including phenoxy) is 2. The predicted octanol–water partition coefficient (Wildman–Crippen LogP) is 4.57. The number of fused-ring (bicyclic) bond motifs is 1. The normalized spacial score (nSPS) is 13.1. The number of methoxy groups -OCH3 is 1. The Kier molecular flexibility index (Phi) is 7.86. The van der Waals surface area contributed by atoms with E-state index in [9.17, 15) is 9.59 Å². The molecule has 0 saturated heterocycles. The minimum Gasteiger partial charge on any atom is -0.495 e. The van der Waals surface area contributed by atoms with Crippen LogP contribution in [0.4, 0.5) is 11.5 Å². The van der Waals surface area contributed by atoms with Gasteiger partial charge in [-0.05, 0) is 74.5 Å². The maximum absolute atomic E-state index is 14.1. The number of nitrogens with zero attached hydrogens (tertiary/aromatic N) is 6. The average Bonchev–Trinajstić information content (AvgIpc) is 3.85. The lowest BCUT2D eigenvalue weighted by atomic mass is 10.2. The smallest absolute Gasteiger partial charge is 0.339 e. The maximum Gasteiger partial charge on any atom is 0.339 e. The predicted molar refractivity (Wildman–Crippen MR) is 170 cm³/mol. The second-order valence-electron chi connectivity index (χ2n) is 10.6. The van der Waals surface area contributed by atoms with Gasteiger partial charge in [0.25, 0.3) is 5.91 Å². The Balaban J connectivity index is 1.37. The SMILES string of the molecule is COc1ccc(-n2c(=O)n(-c3ccc(Oc4ccccc4)cc3)c3c(N)ncnc32)cc1N(C)C(=O)/C=C/CN(C)C1CC1. The summed E-state index contributed by atoms with van der Waals surface area (Å²) in [4.78, 5) is 39.5. The van der Waals surface area contributed by atoms with E-state index < -0.39 is 5.69 Å². The number of hydrogen-bond acceptors (Lipinski definition) is 8. The molecule has 224 valence electrons. The Morgan fingerprint density at radius 3 is 2.39 bits per heavy atom. The van der Waals surface area contributed by atoms with Crippen LogP contribution < -0.4 is 25.8 Å². The molecule has 0 unspecified atom stereocenters. The first-order valence-corrected chi connectivity index (χ1v) is 14.3. The lowest BCUT2D eigenvalue weighted by Crippen LogP contribution is -2.26. The molecule has 0 bridgehead atoms. The van der Waals surface area contributed by atoms with Gasteiger partial charge in [0.1, 0.15) is 29.1 Å². The van der Waals surface area contributed by atoms with Gasteiger partial charge in [0.05, 0.1) is 24.2 Å². The highest BCUT2D eigenvalue weighted by Crippen LogP contribution is 2.32. The fourth-order valence-corrected chi connectivity index (χ4v) is 5.10.